The number of carboxylic acids is 1. The lowest BCUT2D eigenvalue weighted by molar-refractivity contribution is -0.137. The summed E-state index contributed by atoms with van der Waals surface area (Å²) < 4.78 is 0. The first-order valence-electron chi connectivity index (χ1n) is 8.07. The first-order valence-corrected chi connectivity index (χ1v) is 8.89. The van der Waals surface area contributed by atoms with Gasteiger partial charge >= 0.3 is 5.97 Å². The largest absolute Gasteiger partial charge is 0.481 e. The van der Waals surface area contributed by atoms with Gasteiger partial charge in [0.05, 0.1) is 12.5 Å². The zero-order valence-electron chi connectivity index (χ0n) is 14.0. The second kappa shape index (κ2) is 8.64. The zero-order chi connectivity index (χ0) is 17.5. The molecule has 1 atom stereocenters. The average molecular weight is 345 g/mol. The molecule has 0 saturated heterocycles. The highest BCUT2D eigenvalue weighted by molar-refractivity contribution is 7.12. The van der Waals surface area contributed by atoms with Crippen LogP contribution in [0.25, 0.3) is 0 Å². The van der Waals surface area contributed by atoms with Crippen LogP contribution in [0.3, 0.4) is 0 Å². The second-order valence-corrected chi connectivity index (χ2v) is 7.38. The van der Waals surface area contributed by atoms with E-state index in [-0.39, 0.29) is 12.3 Å². The van der Waals surface area contributed by atoms with Gasteiger partial charge in [0.2, 0.25) is 5.91 Å². The van der Waals surface area contributed by atoms with Crippen molar-refractivity contribution < 1.29 is 14.7 Å². The van der Waals surface area contributed by atoms with E-state index in [9.17, 15) is 9.59 Å². The quantitative estimate of drug-likeness (QED) is 0.759. The third-order valence-corrected chi connectivity index (χ3v) is 4.92. The molecular formula is C19H23NO3S. The molecule has 1 unspecified atom stereocenters. The molecule has 1 aromatic carbocycles. The topological polar surface area (TPSA) is 66.4 Å². The molecule has 1 amide bonds. The summed E-state index contributed by atoms with van der Waals surface area (Å²) in [6, 6.07) is 10.9. The summed E-state index contributed by atoms with van der Waals surface area (Å²) in [5, 5.41) is 11.9. The lowest BCUT2D eigenvalue weighted by Crippen LogP contribution is -2.30. The summed E-state index contributed by atoms with van der Waals surface area (Å²) in [7, 11) is 0. The molecule has 2 rings (SSSR count). The van der Waals surface area contributed by atoms with E-state index in [1.54, 1.807) is 11.3 Å². The molecule has 2 aromatic rings. The summed E-state index contributed by atoms with van der Waals surface area (Å²) in [6.45, 7) is 4.19. The highest BCUT2D eigenvalue weighted by atomic mass is 32.1. The fourth-order valence-corrected chi connectivity index (χ4v) is 3.73. The smallest absolute Gasteiger partial charge is 0.305 e. The number of rotatable bonds is 8. The molecule has 5 heteroatoms. The number of carbonyl (C=O) groups is 2. The van der Waals surface area contributed by atoms with Gasteiger partial charge in [-0.15, -0.1) is 11.3 Å². The van der Waals surface area contributed by atoms with Crippen molar-refractivity contribution >= 4 is 23.2 Å². The molecule has 0 spiro atoms. The normalized spacial score (nSPS) is 11.9. The van der Waals surface area contributed by atoms with Gasteiger partial charge in [0, 0.05) is 16.2 Å². The fraction of sp³-hybridized carbons (Fsp3) is 0.368. The Bertz CT molecular complexity index is 694. The van der Waals surface area contributed by atoms with Crippen LogP contribution in [0, 0.1) is 13.8 Å². The van der Waals surface area contributed by atoms with Crippen molar-refractivity contribution in [1.29, 1.82) is 0 Å². The molecule has 0 aliphatic heterocycles. The maximum absolute atomic E-state index is 12.2. The minimum absolute atomic E-state index is 0.102. The van der Waals surface area contributed by atoms with Crippen LogP contribution < -0.4 is 5.32 Å². The van der Waals surface area contributed by atoms with Crippen molar-refractivity contribution in [2.45, 2.75) is 45.6 Å². The Hall–Kier alpha value is -2.14. The Morgan fingerprint density at radius 3 is 2.50 bits per heavy atom. The summed E-state index contributed by atoms with van der Waals surface area (Å²) in [4.78, 5) is 25.8. The molecule has 24 heavy (non-hydrogen) atoms. The number of carboxylic acid groups (broad SMARTS) is 1. The molecule has 0 bridgehead atoms. The van der Waals surface area contributed by atoms with Crippen LogP contribution >= 0.6 is 11.3 Å². The number of hydrogen-bond donors (Lipinski definition) is 2. The average Bonchev–Trinajstić information content (AvgIpc) is 2.85. The van der Waals surface area contributed by atoms with Gasteiger partial charge in [-0.05, 0) is 43.9 Å². The van der Waals surface area contributed by atoms with E-state index in [1.165, 1.54) is 15.3 Å². The van der Waals surface area contributed by atoms with Crippen LogP contribution in [-0.2, 0) is 16.0 Å². The number of thiophene rings is 1. The van der Waals surface area contributed by atoms with Gasteiger partial charge in [-0.2, -0.15) is 0 Å². The maximum atomic E-state index is 12.2. The number of benzene rings is 1. The number of aryl methyl sites for hydroxylation is 3. The highest BCUT2D eigenvalue weighted by Gasteiger charge is 2.17. The Morgan fingerprint density at radius 2 is 1.92 bits per heavy atom. The second-order valence-electron chi connectivity index (χ2n) is 5.92. The molecular weight excluding hydrogens is 322 g/mol. The molecule has 1 heterocycles. The van der Waals surface area contributed by atoms with E-state index < -0.39 is 12.0 Å². The van der Waals surface area contributed by atoms with Crippen molar-refractivity contribution in [1.82, 2.24) is 5.32 Å². The summed E-state index contributed by atoms with van der Waals surface area (Å²) in [5.41, 5.74) is 2.12. The molecule has 0 fully saturated rings. The molecule has 0 aliphatic rings. The highest BCUT2D eigenvalue weighted by Crippen LogP contribution is 2.22. The van der Waals surface area contributed by atoms with E-state index in [0.29, 0.717) is 6.42 Å². The first-order chi connectivity index (χ1) is 11.5. The zero-order valence-corrected chi connectivity index (χ0v) is 14.9. The Balaban J connectivity index is 1.88. The Labute approximate surface area is 146 Å². The fourth-order valence-electron chi connectivity index (χ4n) is 2.75. The van der Waals surface area contributed by atoms with Gasteiger partial charge in [-0.3, -0.25) is 9.59 Å². The number of nitrogens with one attached hydrogen (secondary N) is 1. The van der Waals surface area contributed by atoms with Crippen molar-refractivity contribution in [2.75, 3.05) is 0 Å². The third kappa shape index (κ3) is 5.49. The van der Waals surface area contributed by atoms with Crippen LogP contribution in [0.15, 0.2) is 36.4 Å². The van der Waals surface area contributed by atoms with Gasteiger partial charge in [0.1, 0.15) is 0 Å². The van der Waals surface area contributed by atoms with E-state index in [4.69, 9.17) is 5.11 Å². The molecule has 1 aromatic heterocycles. The van der Waals surface area contributed by atoms with Crippen molar-refractivity contribution in [3.63, 3.8) is 0 Å². The first kappa shape index (κ1) is 18.2. The molecule has 128 valence electrons. The van der Waals surface area contributed by atoms with E-state index in [2.05, 4.69) is 25.2 Å². The SMILES string of the molecule is Cc1cc(CCCC(=O)NC(CC(=O)O)c2ccccc2)c(C)s1. The minimum atomic E-state index is -0.923. The standard InChI is InChI=1S/C19H23NO3S/c1-13-11-16(14(2)24-13)9-6-10-18(21)20-17(12-19(22)23)15-7-4-3-5-8-15/h3-5,7-8,11,17H,6,9-10,12H2,1-2H3,(H,20,21)(H,22,23). The maximum Gasteiger partial charge on any atom is 0.305 e. The predicted octanol–water partition coefficient (Wildman–Crippen LogP) is 4.02. The minimum Gasteiger partial charge on any atom is -0.481 e. The molecule has 0 radical (unpaired) electrons. The van der Waals surface area contributed by atoms with Gasteiger partial charge in [0.15, 0.2) is 0 Å². The molecule has 2 N–H and O–H groups in total. The number of aliphatic carboxylic acids is 1. The van der Waals surface area contributed by atoms with Crippen LogP contribution in [0.1, 0.15) is 46.2 Å². The number of amides is 1. The summed E-state index contributed by atoms with van der Waals surface area (Å²) in [5.74, 6) is -1.02. The Kier molecular flexibility index (Phi) is 6.55. The van der Waals surface area contributed by atoms with Crippen molar-refractivity contribution in [2.24, 2.45) is 0 Å². The third-order valence-electron chi connectivity index (χ3n) is 3.91. The van der Waals surface area contributed by atoms with Crippen LogP contribution in [0.4, 0.5) is 0 Å². The van der Waals surface area contributed by atoms with Crippen molar-refractivity contribution in [3.8, 4) is 0 Å². The number of hydrogen-bond acceptors (Lipinski definition) is 3. The van der Waals surface area contributed by atoms with Gasteiger partial charge in [-0.25, -0.2) is 0 Å². The summed E-state index contributed by atoms with van der Waals surface area (Å²) in [6.07, 6.45) is 1.92. The van der Waals surface area contributed by atoms with Crippen LogP contribution in [0.5, 0.6) is 0 Å². The van der Waals surface area contributed by atoms with E-state index >= 15 is 0 Å². The van der Waals surface area contributed by atoms with E-state index in [0.717, 1.165) is 18.4 Å². The van der Waals surface area contributed by atoms with Crippen LogP contribution in [0.2, 0.25) is 0 Å². The Morgan fingerprint density at radius 1 is 1.21 bits per heavy atom. The lowest BCUT2D eigenvalue weighted by Gasteiger charge is -2.17. The molecule has 4 nitrogen and oxygen atoms in total. The lowest BCUT2D eigenvalue weighted by atomic mass is 10.0. The van der Waals surface area contributed by atoms with E-state index in [1.807, 2.05) is 30.3 Å². The predicted molar refractivity (Wildman–Crippen MR) is 96.3 cm³/mol. The number of carbonyl (C=O) groups excluding carboxylic acids is 1. The van der Waals surface area contributed by atoms with Gasteiger partial charge < -0.3 is 10.4 Å². The van der Waals surface area contributed by atoms with Gasteiger partial charge in [0.25, 0.3) is 0 Å². The molecule has 0 saturated carbocycles. The molecule has 0 aliphatic carbocycles. The monoisotopic (exact) mass is 345 g/mol. The van der Waals surface area contributed by atoms with Crippen molar-refractivity contribution in [3.05, 3.63) is 57.3 Å². The summed E-state index contributed by atoms with van der Waals surface area (Å²) >= 11 is 1.78. The van der Waals surface area contributed by atoms with Crippen LogP contribution in [-0.4, -0.2) is 17.0 Å². The van der Waals surface area contributed by atoms with Gasteiger partial charge in [-0.1, -0.05) is 30.3 Å².